The second-order valence-corrected chi connectivity index (χ2v) is 6.05. The molecule has 0 radical (unpaired) electrons. The van der Waals surface area contributed by atoms with Crippen LogP contribution in [0.3, 0.4) is 0 Å². The number of rotatable bonds is 6. The molecule has 3 rings (SSSR count). The van der Waals surface area contributed by atoms with Gasteiger partial charge in [-0.2, -0.15) is 0 Å². The van der Waals surface area contributed by atoms with Crippen LogP contribution in [-0.4, -0.2) is 32.1 Å². The fourth-order valence-corrected chi connectivity index (χ4v) is 3.00. The van der Waals surface area contributed by atoms with Crippen molar-refractivity contribution >= 4 is 23.2 Å². The SMILES string of the molecule is CCc1ccc(N2C(=O)C[C@H](Nc3ccc(OC)cc3OC)C2=O)cc1. The molecule has 136 valence electrons. The predicted molar refractivity (Wildman–Crippen MR) is 99.9 cm³/mol. The van der Waals surface area contributed by atoms with E-state index < -0.39 is 6.04 Å². The van der Waals surface area contributed by atoms with Crippen LogP contribution in [0.15, 0.2) is 42.5 Å². The number of carbonyl (C=O) groups is 2. The first kappa shape index (κ1) is 17.8. The third kappa shape index (κ3) is 3.35. The molecule has 0 aliphatic carbocycles. The van der Waals surface area contributed by atoms with Crippen molar-refractivity contribution in [2.75, 3.05) is 24.4 Å². The van der Waals surface area contributed by atoms with E-state index in [9.17, 15) is 9.59 Å². The fraction of sp³-hybridized carbons (Fsp3) is 0.300. The molecule has 0 spiro atoms. The lowest BCUT2D eigenvalue weighted by molar-refractivity contribution is -0.121. The van der Waals surface area contributed by atoms with Gasteiger partial charge in [0, 0.05) is 6.07 Å². The third-order valence-electron chi connectivity index (χ3n) is 4.49. The highest BCUT2D eigenvalue weighted by Crippen LogP contribution is 2.32. The van der Waals surface area contributed by atoms with Crippen LogP contribution in [0, 0.1) is 0 Å². The van der Waals surface area contributed by atoms with Crippen LogP contribution in [0.4, 0.5) is 11.4 Å². The first-order valence-electron chi connectivity index (χ1n) is 8.51. The number of hydrogen-bond acceptors (Lipinski definition) is 5. The molecule has 1 N–H and O–H groups in total. The van der Waals surface area contributed by atoms with Crippen LogP contribution < -0.4 is 19.7 Å². The number of benzene rings is 2. The average Bonchev–Trinajstić information content (AvgIpc) is 2.95. The van der Waals surface area contributed by atoms with Crippen molar-refractivity contribution in [1.29, 1.82) is 0 Å². The van der Waals surface area contributed by atoms with E-state index in [1.54, 1.807) is 32.4 Å². The Morgan fingerprint density at radius 1 is 1.08 bits per heavy atom. The predicted octanol–water partition coefficient (Wildman–Crippen LogP) is 3.01. The Bertz CT molecular complexity index is 817. The van der Waals surface area contributed by atoms with Crippen molar-refractivity contribution < 1.29 is 19.1 Å². The topological polar surface area (TPSA) is 67.9 Å². The van der Waals surface area contributed by atoms with Crippen LogP contribution >= 0.6 is 0 Å². The van der Waals surface area contributed by atoms with Crippen LogP contribution in [0.25, 0.3) is 0 Å². The number of aryl methyl sites for hydroxylation is 1. The van der Waals surface area contributed by atoms with Gasteiger partial charge < -0.3 is 14.8 Å². The number of nitrogens with zero attached hydrogens (tertiary/aromatic N) is 1. The molecule has 1 atom stereocenters. The highest BCUT2D eigenvalue weighted by Gasteiger charge is 2.39. The van der Waals surface area contributed by atoms with Crippen molar-refractivity contribution in [2.45, 2.75) is 25.8 Å². The Morgan fingerprint density at radius 2 is 1.81 bits per heavy atom. The maximum atomic E-state index is 12.8. The lowest BCUT2D eigenvalue weighted by Gasteiger charge is -2.18. The van der Waals surface area contributed by atoms with E-state index in [-0.39, 0.29) is 18.2 Å². The molecule has 1 fully saturated rings. The average molecular weight is 354 g/mol. The number of anilines is 2. The molecule has 2 amide bonds. The van der Waals surface area contributed by atoms with Crippen LogP contribution in [0.5, 0.6) is 11.5 Å². The van der Waals surface area contributed by atoms with Gasteiger partial charge in [-0.1, -0.05) is 19.1 Å². The zero-order valence-corrected chi connectivity index (χ0v) is 15.1. The molecule has 0 saturated carbocycles. The summed E-state index contributed by atoms with van der Waals surface area (Å²) in [5.74, 6) is 0.718. The van der Waals surface area contributed by atoms with Crippen LogP contribution in [0.2, 0.25) is 0 Å². The first-order chi connectivity index (χ1) is 12.6. The molecule has 1 aliphatic rings. The molecule has 0 aromatic heterocycles. The maximum absolute atomic E-state index is 12.8. The van der Waals surface area contributed by atoms with Gasteiger partial charge in [-0.3, -0.25) is 9.59 Å². The normalized spacial score (nSPS) is 16.7. The smallest absolute Gasteiger partial charge is 0.256 e. The largest absolute Gasteiger partial charge is 0.497 e. The van der Waals surface area contributed by atoms with Crippen molar-refractivity contribution in [3.63, 3.8) is 0 Å². The molecule has 2 aromatic carbocycles. The Balaban J connectivity index is 1.80. The lowest BCUT2D eigenvalue weighted by atomic mass is 10.1. The van der Waals surface area contributed by atoms with Crippen molar-refractivity contribution in [3.05, 3.63) is 48.0 Å². The van der Waals surface area contributed by atoms with E-state index in [1.807, 2.05) is 24.3 Å². The van der Waals surface area contributed by atoms with E-state index in [2.05, 4.69) is 12.2 Å². The van der Waals surface area contributed by atoms with Gasteiger partial charge in [0.15, 0.2) is 0 Å². The minimum Gasteiger partial charge on any atom is -0.497 e. The zero-order chi connectivity index (χ0) is 18.7. The van der Waals surface area contributed by atoms with Gasteiger partial charge in [0.25, 0.3) is 5.91 Å². The second kappa shape index (κ2) is 7.47. The summed E-state index contributed by atoms with van der Waals surface area (Å²) in [7, 11) is 3.12. The second-order valence-electron chi connectivity index (χ2n) is 6.05. The summed E-state index contributed by atoms with van der Waals surface area (Å²) in [6, 6.07) is 12.1. The standard InChI is InChI=1S/C20H22N2O4/c1-4-13-5-7-14(8-6-13)22-19(23)12-17(20(22)24)21-16-10-9-15(25-2)11-18(16)26-3/h5-11,17,21H,4,12H2,1-3H3/t17-/m0/s1. The van der Waals surface area contributed by atoms with Crippen LogP contribution in [-0.2, 0) is 16.0 Å². The Morgan fingerprint density at radius 3 is 2.42 bits per heavy atom. The number of hydrogen-bond donors (Lipinski definition) is 1. The summed E-state index contributed by atoms with van der Waals surface area (Å²) in [4.78, 5) is 26.4. The van der Waals surface area contributed by atoms with Crippen molar-refractivity contribution in [3.8, 4) is 11.5 Å². The van der Waals surface area contributed by atoms with E-state index >= 15 is 0 Å². The summed E-state index contributed by atoms with van der Waals surface area (Å²) < 4.78 is 10.5. The summed E-state index contributed by atoms with van der Waals surface area (Å²) in [5.41, 5.74) is 2.40. The molecule has 0 bridgehead atoms. The number of nitrogens with one attached hydrogen (secondary N) is 1. The molecule has 1 aliphatic heterocycles. The number of methoxy groups -OCH3 is 2. The Kier molecular flexibility index (Phi) is 5.11. The first-order valence-corrected chi connectivity index (χ1v) is 8.51. The highest BCUT2D eigenvalue weighted by molar-refractivity contribution is 6.23. The molecule has 2 aromatic rings. The van der Waals surface area contributed by atoms with Crippen molar-refractivity contribution in [2.24, 2.45) is 0 Å². The van der Waals surface area contributed by atoms with Gasteiger partial charge in [-0.25, -0.2) is 4.90 Å². The molecule has 6 heteroatoms. The Hall–Kier alpha value is -3.02. The quantitative estimate of drug-likeness (QED) is 0.808. The molecule has 6 nitrogen and oxygen atoms in total. The van der Waals surface area contributed by atoms with Gasteiger partial charge >= 0.3 is 0 Å². The zero-order valence-electron chi connectivity index (χ0n) is 15.1. The van der Waals surface area contributed by atoms with E-state index in [4.69, 9.17) is 9.47 Å². The minimum absolute atomic E-state index is 0.101. The monoisotopic (exact) mass is 354 g/mol. The third-order valence-corrected chi connectivity index (χ3v) is 4.49. The summed E-state index contributed by atoms with van der Waals surface area (Å²) in [6.07, 6.45) is 1.01. The van der Waals surface area contributed by atoms with Gasteiger partial charge in [0.1, 0.15) is 17.5 Å². The van der Waals surface area contributed by atoms with E-state index in [1.165, 1.54) is 4.90 Å². The lowest BCUT2D eigenvalue weighted by Crippen LogP contribution is -2.34. The number of imide groups is 1. The van der Waals surface area contributed by atoms with Gasteiger partial charge in [-0.15, -0.1) is 0 Å². The summed E-state index contributed by atoms with van der Waals surface area (Å²) in [6.45, 7) is 2.06. The van der Waals surface area contributed by atoms with E-state index in [0.717, 1.165) is 12.0 Å². The molecule has 0 unspecified atom stereocenters. The van der Waals surface area contributed by atoms with Gasteiger partial charge in [0.05, 0.1) is 32.0 Å². The molecule has 1 saturated heterocycles. The van der Waals surface area contributed by atoms with Gasteiger partial charge in [-0.05, 0) is 36.2 Å². The minimum atomic E-state index is -0.629. The summed E-state index contributed by atoms with van der Waals surface area (Å²) >= 11 is 0. The van der Waals surface area contributed by atoms with Crippen molar-refractivity contribution in [1.82, 2.24) is 0 Å². The fourth-order valence-electron chi connectivity index (χ4n) is 3.00. The van der Waals surface area contributed by atoms with Gasteiger partial charge in [0.2, 0.25) is 5.91 Å². The number of carbonyl (C=O) groups excluding carboxylic acids is 2. The number of ether oxygens (including phenoxy) is 2. The molecule has 1 heterocycles. The molecule has 26 heavy (non-hydrogen) atoms. The van der Waals surface area contributed by atoms with E-state index in [0.29, 0.717) is 22.9 Å². The summed E-state index contributed by atoms with van der Waals surface area (Å²) in [5, 5.41) is 3.12. The highest BCUT2D eigenvalue weighted by atomic mass is 16.5. The molecular formula is C20H22N2O4. The van der Waals surface area contributed by atoms with Crippen LogP contribution in [0.1, 0.15) is 18.9 Å². The Labute approximate surface area is 152 Å². The number of amides is 2. The maximum Gasteiger partial charge on any atom is 0.256 e. The molecular weight excluding hydrogens is 332 g/mol.